The van der Waals surface area contributed by atoms with E-state index < -0.39 is 0 Å². The first-order chi connectivity index (χ1) is 10.7. The molecule has 0 unspecified atom stereocenters. The van der Waals surface area contributed by atoms with E-state index in [-0.39, 0.29) is 0 Å². The van der Waals surface area contributed by atoms with Crippen LogP contribution in [0.1, 0.15) is 5.56 Å². The van der Waals surface area contributed by atoms with Gasteiger partial charge in [-0.2, -0.15) is 0 Å². The minimum atomic E-state index is 0.585. The zero-order valence-corrected chi connectivity index (χ0v) is 12.7. The number of aromatic nitrogens is 2. The van der Waals surface area contributed by atoms with Crippen LogP contribution in [-0.2, 0) is 0 Å². The van der Waals surface area contributed by atoms with Crippen LogP contribution in [0.2, 0.25) is 5.02 Å². The second kappa shape index (κ2) is 5.04. The molecule has 0 aliphatic carbocycles. The first-order valence-corrected chi connectivity index (χ1v) is 7.39. The molecule has 0 aliphatic rings. The van der Waals surface area contributed by atoms with Gasteiger partial charge in [0.2, 0.25) is 5.89 Å². The van der Waals surface area contributed by atoms with Crippen LogP contribution in [0.3, 0.4) is 0 Å². The Morgan fingerprint density at radius 2 is 1.86 bits per heavy atom. The lowest BCUT2D eigenvalue weighted by atomic mass is 10.1. The summed E-state index contributed by atoms with van der Waals surface area (Å²) in [5.74, 6) is 0.585. The third-order valence-electron chi connectivity index (χ3n) is 3.69. The molecule has 0 amide bonds. The number of halogens is 1. The Balaban J connectivity index is 1.81. The highest BCUT2D eigenvalue weighted by Gasteiger charge is 2.10. The molecule has 0 atom stereocenters. The van der Waals surface area contributed by atoms with Gasteiger partial charge in [-0.05, 0) is 48.9 Å². The van der Waals surface area contributed by atoms with E-state index in [4.69, 9.17) is 16.0 Å². The van der Waals surface area contributed by atoms with Crippen molar-refractivity contribution in [1.29, 1.82) is 0 Å². The van der Waals surface area contributed by atoms with Crippen molar-refractivity contribution >= 4 is 22.7 Å². The summed E-state index contributed by atoms with van der Waals surface area (Å²) in [5, 5.41) is 0.716. The van der Waals surface area contributed by atoms with Crippen molar-refractivity contribution in [2.75, 3.05) is 0 Å². The molecule has 0 bridgehead atoms. The molecule has 0 N–H and O–H groups in total. The monoisotopic (exact) mass is 308 g/mol. The van der Waals surface area contributed by atoms with Gasteiger partial charge in [0.1, 0.15) is 5.52 Å². The summed E-state index contributed by atoms with van der Waals surface area (Å²) < 4.78 is 7.94. The summed E-state index contributed by atoms with van der Waals surface area (Å²) in [6.45, 7) is 1.97. The van der Waals surface area contributed by atoms with E-state index in [0.29, 0.717) is 10.9 Å². The van der Waals surface area contributed by atoms with Crippen LogP contribution in [0.15, 0.2) is 65.3 Å². The number of aryl methyl sites for hydroxylation is 1. The Kier molecular flexibility index (Phi) is 3.01. The highest BCUT2D eigenvalue weighted by Crippen LogP contribution is 2.28. The Morgan fingerprint density at radius 1 is 1.05 bits per heavy atom. The topological polar surface area (TPSA) is 31.0 Å². The summed E-state index contributed by atoms with van der Waals surface area (Å²) in [6.07, 6.45) is 4.00. The lowest BCUT2D eigenvalue weighted by Gasteiger charge is -2.01. The van der Waals surface area contributed by atoms with E-state index in [0.717, 1.165) is 27.9 Å². The fraction of sp³-hybridized carbons (Fsp3) is 0.0556. The first kappa shape index (κ1) is 13.2. The predicted molar refractivity (Wildman–Crippen MR) is 88.5 cm³/mol. The Morgan fingerprint density at radius 3 is 2.64 bits per heavy atom. The molecule has 108 valence electrons. The number of oxazole rings is 1. The van der Waals surface area contributed by atoms with Gasteiger partial charge in [0, 0.05) is 34.7 Å². The van der Waals surface area contributed by atoms with Crippen molar-refractivity contribution in [1.82, 2.24) is 9.55 Å². The fourth-order valence-electron chi connectivity index (χ4n) is 2.43. The van der Waals surface area contributed by atoms with Crippen molar-refractivity contribution < 1.29 is 4.42 Å². The van der Waals surface area contributed by atoms with Gasteiger partial charge >= 0.3 is 0 Å². The van der Waals surface area contributed by atoms with Crippen LogP contribution in [0.5, 0.6) is 0 Å². The van der Waals surface area contributed by atoms with Crippen molar-refractivity contribution in [3.63, 3.8) is 0 Å². The molecule has 22 heavy (non-hydrogen) atoms. The molecule has 2 aromatic heterocycles. The second-order valence-corrected chi connectivity index (χ2v) is 5.63. The average molecular weight is 309 g/mol. The maximum atomic E-state index is 6.18. The standard InChI is InChI=1S/C18H13ClN2O/c1-12-4-5-13(10-15(12)19)18-20-16-7-6-14(11-17(16)22-18)21-8-2-3-9-21/h2-11H,1H3. The van der Waals surface area contributed by atoms with E-state index in [9.17, 15) is 0 Å². The molecule has 4 aromatic rings. The summed E-state index contributed by atoms with van der Waals surface area (Å²) >= 11 is 6.18. The Hall–Kier alpha value is -2.52. The van der Waals surface area contributed by atoms with Gasteiger partial charge in [0.05, 0.1) is 0 Å². The van der Waals surface area contributed by atoms with Crippen molar-refractivity contribution in [2.24, 2.45) is 0 Å². The van der Waals surface area contributed by atoms with E-state index in [1.165, 1.54) is 0 Å². The van der Waals surface area contributed by atoms with Crippen LogP contribution < -0.4 is 0 Å². The van der Waals surface area contributed by atoms with Gasteiger partial charge in [-0.1, -0.05) is 17.7 Å². The van der Waals surface area contributed by atoms with Crippen LogP contribution in [0.4, 0.5) is 0 Å². The maximum absolute atomic E-state index is 6.18. The van der Waals surface area contributed by atoms with E-state index in [1.807, 2.05) is 72.4 Å². The second-order valence-electron chi connectivity index (χ2n) is 5.23. The van der Waals surface area contributed by atoms with Crippen LogP contribution in [0, 0.1) is 6.92 Å². The molecule has 3 nitrogen and oxygen atoms in total. The van der Waals surface area contributed by atoms with Crippen LogP contribution >= 0.6 is 11.6 Å². The molecule has 2 aromatic carbocycles. The lowest BCUT2D eigenvalue weighted by molar-refractivity contribution is 0.619. The number of rotatable bonds is 2. The molecule has 0 saturated carbocycles. The van der Waals surface area contributed by atoms with Crippen molar-refractivity contribution in [3.8, 4) is 17.1 Å². The van der Waals surface area contributed by atoms with E-state index in [1.54, 1.807) is 0 Å². The van der Waals surface area contributed by atoms with Crippen molar-refractivity contribution in [2.45, 2.75) is 6.92 Å². The zero-order chi connectivity index (χ0) is 15.1. The smallest absolute Gasteiger partial charge is 0.227 e. The molecule has 0 aliphatic heterocycles. The van der Waals surface area contributed by atoms with Crippen molar-refractivity contribution in [3.05, 3.63) is 71.5 Å². The number of fused-ring (bicyclic) bond motifs is 1. The molecule has 4 rings (SSSR count). The van der Waals surface area contributed by atoms with Gasteiger partial charge in [-0.25, -0.2) is 4.98 Å². The summed E-state index contributed by atoms with van der Waals surface area (Å²) in [4.78, 5) is 4.54. The van der Waals surface area contributed by atoms with E-state index >= 15 is 0 Å². The largest absolute Gasteiger partial charge is 0.436 e. The molecular formula is C18H13ClN2O. The highest BCUT2D eigenvalue weighted by atomic mass is 35.5. The number of nitrogens with zero attached hydrogens (tertiary/aromatic N) is 2. The fourth-order valence-corrected chi connectivity index (χ4v) is 2.61. The number of hydrogen-bond acceptors (Lipinski definition) is 2. The van der Waals surface area contributed by atoms with E-state index in [2.05, 4.69) is 4.98 Å². The highest BCUT2D eigenvalue weighted by molar-refractivity contribution is 6.31. The average Bonchev–Trinajstić information content (AvgIpc) is 3.17. The summed E-state index contributed by atoms with van der Waals surface area (Å²) in [6, 6.07) is 15.8. The van der Waals surface area contributed by atoms with Crippen LogP contribution in [0.25, 0.3) is 28.2 Å². The molecule has 0 fully saturated rings. The molecular weight excluding hydrogens is 296 g/mol. The molecule has 0 saturated heterocycles. The molecule has 4 heteroatoms. The van der Waals surface area contributed by atoms with Crippen LogP contribution in [-0.4, -0.2) is 9.55 Å². The predicted octanol–water partition coefficient (Wildman–Crippen LogP) is 5.25. The maximum Gasteiger partial charge on any atom is 0.227 e. The minimum absolute atomic E-state index is 0.585. The molecule has 2 heterocycles. The third-order valence-corrected chi connectivity index (χ3v) is 4.10. The van der Waals surface area contributed by atoms with Gasteiger partial charge in [0.25, 0.3) is 0 Å². The Labute approximate surface area is 132 Å². The first-order valence-electron chi connectivity index (χ1n) is 7.01. The molecule has 0 spiro atoms. The third kappa shape index (κ3) is 2.20. The quantitative estimate of drug-likeness (QED) is 0.506. The minimum Gasteiger partial charge on any atom is -0.436 e. The Bertz CT molecular complexity index is 955. The SMILES string of the molecule is Cc1ccc(-c2nc3ccc(-n4cccc4)cc3o2)cc1Cl. The number of hydrogen-bond donors (Lipinski definition) is 0. The van der Waals surface area contributed by atoms with Gasteiger partial charge in [0.15, 0.2) is 5.58 Å². The summed E-state index contributed by atoms with van der Waals surface area (Å²) in [5.41, 5.74) is 4.56. The lowest BCUT2D eigenvalue weighted by Crippen LogP contribution is -1.87. The van der Waals surface area contributed by atoms with Gasteiger partial charge in [-0.3, -0.25) is 0 Å². The van der Waals surface area contributed by atoms with Gasteiger partial charge in [-0.15, -0.1) is 0 Å². The van der Waals surface area contributed by atoms with Gasteiger partial charge < -0.3 is 8.98 Å². The normalized spacial score (nSPS) is 11.2. The zero-order valence-electron chi connectivity index (χ0n) is 12.0. The molecule has 0 radical (unpaired) electrons. The summed E-state index contributed by atoms with van der Waals surface area (Å²) in [7, 11) is 0. The number of benzene rings is 2.